The minimum Gasteiger partial charge on any atom is -0.495 e. The van der Waals surface area contributed by atoms with Gasteiger partial charge in [0.05, 0.1) is 29.6 Å². The summed E-state index contributed by atoms with van der Waals surface area (Å²) in [5, 5.41) is 3.56. The van der Waals surface area contributed by atoms with E-state index in [-0.39, 0.29) is 11.7 Å². The van der Waals surface area contributed by atoms with Crippen molar-refractivity contribution in [2.75, 3.05) is 18.2 Å². The van der Waals surface area contributed by atoms with E-state index in [4.69, 9.17) is 4.74 Å². The molecule has 0 spiro atoms. The number of para-hydroxylation sites is 2. The van der Waals surface area contributed by atoms with E-state index in [1.54, 1.807) is 19.2 Å². The number of amides is 1. The van der Waals surface area contributed by atoms with E-state index in [1.807, 2.05) is 30.3 Å². The Hall–Kier alpha value is -1.99. The van der Waals surface area contributed by atoms with Crippen LogP contribution in [0.4, 0.5) is 5.69 Å². The number of halogens is 1. The molecule has 1 amide bonds. The van der Waals surface area contributed by atoms with Crippen molar-refractivity contribution in [1.82, 2.24) is 9.97 Å². The number of fused-ring (bicyclic) bond motifs is 1. The van der Waals surface area contributed by atoms with Crippen molar-refractivity contribution in [3.8, 4) is 5.75 Å². The third-order valence-corrected chi connectivity index (χ3v) is 4.51. The van der Waals surface area contributed by atoms with Crippen LogP contribution in [0.3, 0.4) is 0 Å². The van der Waals surface area contributed by atoms with Crippen molar-refractivity contribution in [3.05, 3.63) is 46.9 Å². The molecule has 3 aromatic rings. The number of ether oxygens (including phenoxy) is 1. The Morgan fingerprint density at radius 3 is 3.00 bits per heavy atom. The van der Waals surface area contributed by atoms with Crippen molar-refractivity contribution in [2.24, 2.45) is 0 Å². The third-order valence-electron chi connectivity index (χ3n) is 3.14. The Labute approximate surface area is 146 Å². The fourth-order valence-electron chi connectivity index (χ4n) is 2.09. The lowest BCUT2D eigenvalue weighted by molar-refractivity contribution is -0.113. The number of nitrogens with one attached hydrogen (secondary N) is 2. The predicted molar refractivity (Wildman–Crippen MR) is 96.1 cm³/mol. The average Bonchev–Trinajstić information content (AvgIpc) is 2.95. The first kappa shape index (κ1) is 15.9. The molecule has 0 aliphatic heterocycles. The molecule has 3 rings (SSSR count). The zero-order chi connectivity index (χ0) is 16.2. The van der Waals surface area contributed by atoms with Gasteiger partial charge in [0, 0.05) is 4.47 Å². The Balaban J connectivity index is 1.63. The zero-order valence-electron chi connectivity index (χ0n) is 12.3. The number of thioether (sulfide) groups is 1. The topological polar surface area (TPSA) is 67.0 Å². The van der Waals surface area contributed by atoms with E-state index < -0.39 is 0 Å². The van der Waals surface area contributed by atoms with Gasteiger partial charge in [0.25, 0.3) is 0 Å². The number of aromatic amines is 1. The van der Waals surface area contributed by atoms with E-state index in [0.717, 1.165) is 15.5 Å². The maximum atomic E-state index is 12.1. The van der Waals surface area contributed by atoms with Crippen LogP contribution in [0.1, 0.15) is 0 Å². The quantitative estimate of drug-likeness (QED) is 0.643. The van der Waals surface area contributed by atoms with Crippen LogP contribution < -0.4 is 10.1 Å². The summed E-state index contributed by atoms with van der Waals surface area (Å²) in [6.07, 6.45) is 0. The summed E-state index contributed by atoms with van der Waals surface area (Å²) in [6.45, 7) is 0. The summed E-state index contributed by atoms with van der Waals surface area (Å²) < 4.78 is 6.20. The van der Waals surface area contributed by atoms with Crippen LogP contribution in [-0.2, 0) is 4.79 Å². The molecule has 2 aromatic carbocycles. The number of hydrogen-bond donors (Lipinski definition) is 2. The van der Waals surface area contributed by atoms with Gasteiger partial charge in [0.2, 0.25) is 5.91 Å². The van der Waals surface area contributed by atoms with Gasteiger partial charge in [0.15, 0.2) is 5.16 Å². The van der Waals surface area contributed by atoms with E-state index in [0.29, 0.717) is 16.6 Å². The molecule has 7 heteroatoms. The van der Waals surface area contributed by atoms with Crippen LogP contribution in [-0.4, -0.2) is 28.7 Å². The van der Waals surface area contributed by atoms with Gasteiger partial charge in [-0.25, -0.2) is 4.98 Å². The largest absolute Gasteiger partial charge is 0.495 e. The van der Waals surface area contributed by atoms with Crippen LogP contribution in [0.25, 0.3) is 11.0 Å². The molecular weight excluding hydrogens is 378 g/mol. The molecule has 0 radical (unpaired) electrons. The second kappa shape index (κ2) is 7.06. The predicted octanol–water partition coefficient (Wildman–Crippen LogP) is 4.06. The summed E-state index contributed by atoms with van der Waals surface area (Å²) in [7, 11) is 1.58. The Morgan fingerprint density at radius 2 is 2.17 bits per heavy atom. The van der Waals surface area contributed by atoms with Crippen LogP contribution in [0.2, 0.25) is 0 Å². The maximum absolute atomic E-state index is 12.1. The number of methoxy groups -OCH3 is 1. The molecule has 0 fully saturated rings. The minimum atomic E-state index is -0.110. The van der Waals surface area contributed by atoms with E-state index in [1.165, 1.54) is 11.8 Å². The van der Waals surface area contributed by atoms with Crippen molar-refractivity contribution in [1.29, 1.82) is 0 Å². The van der Waals surface area contributed by atoms with Crippen molar-refractivity contribution in [2.45, 2.75) is 5.16 Å². The Morgan fingerprint density at radius 1 is 1.35 bits per heavy atom. The lowest BCUT2D eigenvalue weighted by Gasteiger charge is -2.09. The van der Waals surface area contributed by atoms with Gasteiger partial charge in [-0.15, -0.1) is 0 Å². The first-order valence-corrected chi connectivity index (χ1v) is 8.64. The molecule has 23 heavy (non-hydrogen) atoms. The lowest BCUT2D eigenvalue weighted by Crippen LogP contribution is -2.14. The molecule has 0 saturated heterocycles. The van der Waals surface area contributed by atoms with Gasteiger partial charge in [-0.1, -0.05) is 39.8 Å². The lowest BCUT2D eigenvalue weighted by atomic mass is 10.3. The van der Waals surface area contributed by atoms with Gasteiger partial charge in [-0.3, -0.25) is 4.79 Å². The molecule has 118 valence electrons. The Bertz CT molecular complexity index is 850. The monoisotopic (exact) mass is 391 g/mol. The average molecular weight is 392 g/mol. The molecule has 0 aliphatic carbocycles. The van der Waals surface area contributed by atoms with Gasteiger partial charge in [0.1, 0.15) is 5.75 Å². The third kappa shape index (κ3) is 3.86. The van der Waals surface area contributed by atoms with Gasteiger partial charge in [-0.05, 0) is 30.3 Å². The summed E-state index contributed by atoms with van der Waals surface area (Å²) in [5.41, 5.74) is 2.47. The molecule has 0 atom stereocenters. The van der Waals surface area contributed by atoms with E-state index in [9.17, 15) is 4.79 Å². The highest BCUT2D eigenvalue weighted by Gasteiger charge is 2.09. The standard InChI is InChI=1S/C16H14BrN3O2S/c1-22-14-5-3-2-4-12(14)18-15(21)9-23-16-19-11-7-6-10(17)8-13(11)20-16/h2-8H,9H2,1H3,(H,18,21)(H,19,20). The zero-order valence-corrected chi connectivity index (χ0v) is 14.7. The number of nitrogens with zero attached hydrogens (tertiary/aromatic N) is 1. The fourth-order valence-corrected chi connectivity index (χ4v) is 3.14. The normalized spacial score (nSPS) is 10.7. The van der Waals surface area contributed by atoms with E-state index in [2.05, 4.69) is 31.2 Å². The molecular formula is C16H14BrN3O2S. The smallest absolute Gasteiger partial charge is 0.234 e. The molecule has 0 aliphatic rings. The molecule has 1 heterocycles. The summed E-state index contributed by atoms with van der Waals surface area (Å²) in [4.78, 5) is 19.7. The highest BCUT2D eigenvalue weighted by molar-refractivity contribution is 9.10. The van der Waals surface area contributed by atoms with Crippen LogP contribution in [0.5, 0.6) is 5.75 Å². The minimum absolute atomic E-state index is 0.110. The fraction of sp³-hybridized carbons (Fsp3) is 0.125. The number of rotatable bonds is 5. The molecule has 0 bridgehead atoms. The molecule has 0 saturated carbocycles. The number of benzene rings is 2. The molecule has 2 N–H and O–H groups in total. The van der Waals surface area contributed by atoms with Crippen LogP contribution in [0, 0.1) is 0 Å². The first-order chi connectivity index (χ1) is 11.2. The SMILES string of the molecule is COc1ccccc1NC(=O)CSc1nc2ccc(Br)cc2[nH]1. The second-order valence-corrected chi connectivity index (χ2v) is 6.62. The summed E-state index contributed by atoms with van der Waals surface area (Å²) in [6, 6.07) is 13.1. The first-order valence-electron chi connectivity index (χ1n) is 6.86. The number of hydrogen-bond acceptors (Lipinski definition) is 4. The van der Waals surface area contributed by atoms with E-state index >= 15 is 0 Å². The van der Waals surface area contributed by atoms with Crippen molar-refractivity contribution in [3.63, 3.8) is 0 Å². The number of carbonyl (C=O) groups excluding carboxylic acids is 1. The molecule has 5 nitrogen and oxygen atoms in total. The van der Waals surface area contributed by atoms with Crippen LogP contribution in [0.15, 0.2) is 52.1 Å². The highest BCUT2D eigenvalue weighted by Crippen LogP contribution is 2.25. The van der Waals surface area contributed by atoms with Gasteiger partial charge in [-0.2, -0.15) is 0 Å². The number of H-pyrrole nitrogens is 1. The summed E-state index contributed by atoms with van der Waals surface area (Å²) in [5.74, 6) is 0.791. The number of carbonyl (C=O) groups is 1. The number of anilines is 1. The van der Waals surface area contributed by atoms with Gasteiger partial charge >= 0.3 is 0 Å². The summed E-state index contributed by atoms with van der Waals surface area (Å²) >= 11 is 4.78. The second-order valence-electron chi connectivity index (χ2n) is 4.74. The molecule has 1 aromatic heterocycles. The Kier molecular flexibility index (Phi) is 4.88. The van der Waals surface area contributed by atoms with Crippen molar-refractivity contribution < 1.29 is 9.53 Å². The number of aromatic nitrogens is 2. The van der Waals surface area contributed by atoms with Gasteiger partial charge < -0.3 is 15.0 Å². The van der Waals surface area contributed by atoms with Crippen molar-refractivity contribution >= 4 is 50.3 Å². The van der Waals surface area contributed by atoms with Crippen LogP contribution >= 0.6 is 27.7 Å². The highest BCUT2D eigenvalue weighted by atomic mass is 79.9. The maximum Gasteiger partial charge on any atom is 0.234 e. The number of imidazole rings is 1. The molecule has 0 unspecified atom stereocenters.